The molecule has 0 spiro atoms. The third-order valence-electron chi connectivity index (χ3n) is 12.3. The average Bonchev–Trinajstić information content (AvgIpc) is 3.30. The number of unbranched alkanes of at least 4 members (excludes halogenated alkanes) is 24. The molecule has 0 aliphatic heterocycles. The molecule has 0 aliphatic carbocycles. The van der Waals surface area contributed by atoms with E-state index in [1.165, 1.54) is 103 Å². The number of rotatable bonds is 53. The molecule has 0 saturated heterocycles. The van der Waals surface area contributed by atoms with Crippen LogP contribution in [0.15, 0.2) is 0 Å². The van der Waals surface area contributed by atoms with Crippen molar-refractivity contribution in [3.63, 3.8) is 0 Å². The highest BCUT2D eigenvalue weighted by molar-refractivity contribution is 5.60. The Hall–Kier alpha value is -1.66. The van der Waals surface area contributed by atoms with Gasteiger partial charge in [0, 0.05) is 6.54 Å². The first-order valence-electron chi connectivity index (χ1n) is 27.7. The molecule has 0 rings (SSSR count). The Morgan fingerprint density at radius 2 is 0.662 bits per heavy atom. The van der Waals surface area contributed by atoms with E-state index in [0.717, 1.165) is 135 Å². The van der Waals surface area contributed by atoms with E-state index in [0.29, 0.717) is 52.9 Å². The molecule has 0 amide bonds. The monoisotopic (exact) mass is 930 g/mol. The lowest BCUT2D eigenvalue weighted by Gasteiger charge is -2.22. The summed E-state index contributed by atoms with van der Waals surface area (Å²) in [6.07, 6.45) is 37.8. The van der Waals surface area contributed by atoms with Crippen molar-refractivity contribution in [1.29, 1.82) is 0 Å². The molecule has 2 unspecified atom stereocenters. The van der Waals surface area contributed by atoms with Gasteiger partial charge in [0.1, 0.15) is 12.2 Å². The predicted octanol–water partition coefficient (Wildman–Crippen LogP) is 14.7. The SMILES string of the molecule is CCCCCCCCC(CCCCCC)OC(=O)OCCCCCCCN(CCCCCCCOC(=O)OC(CCCCCC)CCCCCCCC)CCOCCOCCOCCO. The zero-order chi connectivity index (χ0) is 47.4. The summed E-state index contributed by atoms with van der Waals surface area (Å²) >= 11 is 0. The molecule has 2 atom stereocenters. The molecule has 0 fully saturated rings. The summed E-state index contributed by atoms with van der Waals surface area (Å²) in [6, 6.07) is 0. The molecule has 0 aromatic heterocycles. The average molecular weight is 930 g/mol. The smallest absolute Gasteiger partial charge is 0.434 e. The normalized spacial score (nSPS) is 12.5. The Kier molecular flexibility index (Phi) is 51.9. The van der Waals surface area contributed by atoms with Crippen LogP contribution in [-0.2, 0) is 33.2 Å². The number of hydrogen-bond acceptors (Lipinski definition) is 11. The molecule has 0 aliphatic rings. The fourth-order valence-electron chi connectivity index (χ4n) is 8.15. The van der Waals surface area contributed by atoms with E-state index < -0.39 is 12.3 Å². The molecule has 11 heteroatoms. The summed E-state index contributed by atoms with van der Waals surface area (Å²) in [5.41, 5.74) is 0. The van der Waals surface area contributed by atoms with E-state index in [4.69, 9.17) is 38.3 Å². The zero-order valence-electron chi connectivity index (χ0n) is 43.3. The van der Waals surface area contributed by atoms with Gasteiger partial charge in [0.25, 0.3) is 0 Å². The number of carbonyl (C=O) groups excluding carboxylic acids is 2. The van der Waals surface area contributed by atoms with Crippen LogP contribution in [0.4, 0.5) is 9.59 Å². The lowest BCUT2D eigenvalue weighted by atomic mass is 10.0. The molecule has 0 bridgehead atoms. The van der Waals surface area contributed by atoms with Crippen molar-refractivity contribution >= 4 is 12.3 Å². The highest BCUT2D eigenvalue weighted by Crippen LogP contribution is 2.19. The van der Waals surface area contributed by atoms with Gasteiger partial charge in [-0.2, -0.15) is 0 Å². The maximum Gasteiger partial charge on any atom is 0.508 e. The van der Waals surface area contributed by atoms with E-state index in [2.05, 4.69) is 32.6 Å². The topological polar surface area (TPSA) is 122 Å². The van der Waals surface area contributed by atoms with Crippen molar-refractivity contribution < 1.29 is 47.9 Å². The van der Waals surface area contributed by atoms with Gasteiger partial charge in [-0.1, -0.05) is 169 Å². The molecule has 11 nitrogen and oxygen atoms in total. The van der Waals surface area contributed by atoms with E-state index in [-0.39, 0.29) is 18.8 Å². The maximum atomic E-state index is 12.6. The van der Waals surface area contributed by atoms with Crippen LogP contribution in [0.3, 0.4) is 0 Å². The van der Waals surface area contributed by atoms with Gasteiger partial charge < -0.3 is 43.2 Å². The Labute approximate surface area is 401 Å². The Bertz CT molecular complexity index is 896. The van der Waals surface area contributed by atoms with Crippen molar-refractivity contribution in [2.45, 2.75) is 258 Å². The highest BCUT2D eigenvalue weighted by atomic mass is 16.7. The second-order valence-corrected chi connectivity index (χ2v) is 18.4. The largest absolute Gasteiger partial charge is 0.508 e. The minimum Gasteiger partial charge on any atom is -0.434 e. The number of aliphatic hydroxyl groups is 1. The van der Waals surface area contributed by atoms with Gasteiger partial charge >= 0.3 is 12.3 Å². The number of ether oxygens (including phenoxy) is 7. The standard InChI is InChI=1S/C54H107NO10/c1-5-9-13-17-21-29-37-51(35-27-15-11-7-3)64-53(57)62-43-33-25-19-23-31-39-55(41-45-59-47-49-61-50-48-60-46-42-56)40-32-24-20-26-34-44-63-54(58)65-52(36-28-16-12-8-4)38-30-22-18-14-10-6-2/h51-52,56H,5-50H2,1-4H3. The fourth-order valence-corrected chi connectivity index (χ4v) is 8.15. The van der Waals surface area contributed by atoms with E-state index in [9.17, 15) is 9.59 Å². The first-order valence-corrected chi connectivity index (χ1v) is 27.7. The van der Waals surface area contributed by atoms with Crippen molar-refractivity contribution in [3.8, 4) is 0 Å². The zero-order valence-corrected chi connectivity index (χ0v) is 43.3. The van der Waals surface area contributed by atoms with Crippen molar-refractivity contribution in [2.75, 3.05) is 79.1 Å². The molecule has 0 heterocycles. The minimum atomic E-state index is -0.489. The molecular weight excluding hydrogens is 823 g/mol. The van der Waals surface area contributed by atoms with E-state index in [1.54, 1.807) is 0 Å². The van der Waals surface area contributed by atoms with Gasteiger partial charge in [-0.05, 0) is 90.1 Å². The number of hydrogen-bond donors (Lipinski definition) is 1. The second kappa shape index (κ2) is 53.3. The second-order valence-electron chi connectivity index (χ2n) is 18.4. The summed E-state index contributed by atoms with van der Waals surface area (Å²) in [4.78, 5) is 27.6. The summed E-state index contributed by atoms with van der Waals surface area (Å²) in [5.74, 6) is 0. The Balaban J connectivity index is 4.52. The molecule has 0 aromatic carbocycles. The first kappa shape index (κ1) is 63.3. The fraction of sp³-hybridized carbons (Fsp3) is 0.963. The molecular formula is C54H107NO10. The number of aliphatic hydroxyl groups excluding tert-OH is 1. The van der Waals surface area contributed by atoms with E-state index >= 15 is 0 Å². The van der Waals surface area contributed by atoms with Crippen LogP contribution in [0.5, 0.6) is 0 Å². The summed E-state index contributed by atoms with van der Waals surface area (Å²) < 4.78 is 39.4. The van der Waals surface area contributed by atoms with E-state index in [1.807, 2.05) is 0 Å². The van der Waals surface area contributed by atoms with Crippen molar-refractivity contribution in [3.05, 3.63) is 0 Å². The predicted molar refractivity (Wildman–Crippen MR) is 268 cm³/mol. The summed E-state index contributed by atoms with van der Waals surface area (Å²) in [6.45, 7) is 15.9. The minimum absolute atomic E-state index is 0.0191. The van der Waals surface area contributed by atoms with Crippen LogP contribution in [0, 0.1) is 0 Å². The van der Waals surface area contributed by atoms with Gasteiger partial charge in [-0.15, -0.1) is 0 Å². The summed E-state index contributed by atoms with van der Waals surface area (Å²) in [5, 5.41) is 8.82. The van der Waals surface area contributed by atoms with Gasteiger partial charge in [0.15, 0.2) is 0 Å². The first-order chi connectivity index (χ1) is 32.0. The van der Waals surface area contributed by atoms with Gasteiger partial charge in [-0.3, -0.25) is 0 Å². The quantitative estimate of drug-likeness (QED) is 0.0463. The van der Waals surface area contributed by atoms with Crippen LogP contribution in [0.25, 0.3) is 0 Å². The van der Waals surface area contributed by atoms with Crippen LogP contribution in [-0.4, -0.2) is 114 Å². The lowest BCUT2D eigenvalue weighted by molar-refractivity contribution is 0.00448. The van der Waals surface area contributed by atoms with Crippen LogP contribution < -0.4 is 0 Å². The molecule has 0 saturated carbocycles. The number of nitrogens with zero attached hydrogens (tertiary/aromatic N) is 1. The number of carbonyl (C=O) groups is 2. The summed E-state index contributed by atoms with van der Waals surface area (Å²) in [7, 11) is 0. The third-order valence-corrected chi connectivity index (χ3v) is 12.3. The molecule has 65 heavy (non-hydrogen) atoms. The van der Waals surface area contributed by atoms with Gasteiger partial charge in [0.05, 0.1) is 59.5 Å². The van der Waals surface area contributed by atoms with Crippen molar-refractivity contribution in [1.82, 2.24) is 4.90 Å². The Morgan fingerprint density at radius 3 is 1.05 bits per heavy atom. The lowest BCUT2D eigenvalue weighted by Crippen LogP contribution is -2.30. The molecule has 388 valence electrons. The molecule has 0 aromatic rings. The molecule has 0 radical (unpaired) electrons. The molecule has 1 N–H and O–H groups in total. The van der Waals surface area contributed by atoms with Gasteiger partial charge in [0.2, 0.25) is 0 Å². The maximum absolute atomic E-state index is 12.6. The van der Waals surface area contributed by atoms with Gasteiger partial charge in [-0.25, -0.2) is 9.59 Å². The van der Waals surface area contributed by atoms with Crippen LogP contribution in [0.2, 0.25) is 0 Å². The Morgan fingerprint density at radius 1 is 0.354 bits per heavy atom. The third kappa shape index (κ3) is 48.6. The van der Waals surface area contributed by atoms with Crippen LogP contribution in [0.1, 0.15) is 246 Å². The van der Waals surface area contributed by atoms with Crippen molar-refractivity contribution in [2.24, 2.45) is 0 Å². The van der Waals surface area contributed by atoms with Crippen LogP contribution >= 0.6 is 0 Å². The highest BCUT2D eigenvalue weighted by Gasteiger charge is 2.17.